The lowest BCUT2D eigenvalue weighted by Crippen LogP contribution is -2.42. The molecule has 1 amide bonds. The van der Waals surface area contributed by atoms with E-state index in [2.05, 4.69) is 28.2 Å². The fraction of sp³-hybridized carbons (Fsp3) is 0.588. The van der Waals surface area contributed by atoms with Crippen LogP contribution in [0.15, 0.2) is 24.3 Å². The highest BCUT2D eigenvalue weighted by molar-refractivity contribution is 9.09. The van der Waals surface area contributed by atoms with Gasteiger partial charge in [-0.25, -0.2) is 0 Å². The average Bonchev–Trinajstić information content (AvgIpc) is 2.52. The van der Waals surface area contributed by atoms with Crippen LogP contribution in [0.4, 0.5) is 5.69 Å². The Labute approximate surface area is 141 Å². The smallest absolute Gasteiger partial charge is 0.256 e. The summed E-state index contributed by atoms with van der Waals surface area (Å²) in [6.07, 6.45) is 2.72. The van der Waals surface area contributed by atoms with Crippen LogP contribution in [0.5, 0.6) is 5.75 Å². The van der Waals surface area contributed by atoms with Crippen molar-refractivity contribution < 1.29 is 14.3 Å². The van der Waals surface area contributed by atoms with E-state index in [1.807, 2.05) is 38.1 Å². The van der Waals surface area contributed by atoms with Gasteiger partial charge in [0.15, 0.2) is 0 Å². The molecule has 124 valence electrons. The van der Waals surface area contributed by atoms with E-state index in [0.717, 1.165) is 36.0 Å². The summed E-state index contributed by atoms with van der Waals surface area (Å²) in [4.78, 5) is 12.5. The van der Waals surface area contributed by atoms with E-state index < -0.39 is 5.60 Å². The minimum atomic E-state index is -0.782. The van der Waals surface area contributed by atoms with Gasteiger partial charge in [-0.05, 0) is 44.5 Å². The van der Waals surface area contributed by atoms with E-state index in [0.29, 0.717) is 13.2 Å². The van der Waals surface area contributed by atoms with Crippen molar-refractivity contribution in [2.24, 2.45) is 0 Å². The van der Waals surface area contributed by atoms with E-state index in [-0.39, 0.29) is 5.91 Å². The second-order valence-electron chi connectivity index (χ2n) is 5.28. The molecule has 0 saturated heterocycles. The van der Waals surface area contributed by atoms with Crippen molar-refractivity contribution in [3.8, 4) is 5.75 Å². The van der Waals surface area contributed by atoms with Gasteiger partial charge in [-0.1, -0.05) is 35.7 Å². The number of nitrogens with one attached hydrogen (secondary N) is 1. The summed E-state index contributed by atoms with van der Waals surface area (Å²) in [7, 11) is 0. The van der Waals surface area contributed by atoms with Gasteiger partial charge in [-0.15, -0.1) is 0 Å². The summed E-state index contributed by atoms with van der Waals surface area (Å²) in [6, 6.07) is 7.38. The largest absolute Gasteiger partial charge is 0.493 e. The maximum absolute atomic E-state index is 12.5. The van der Waals surface area contributed by atoms with E-state index in [1.165, 1.54) is 0 Å². The molecule has 0 fully saturated rings. The first-order valence-electron chi connectivity index (χ1n) is 7.80. The predicted octanol–water partition coefficient (Wildman–Crippen LogP) is 4.38. The van der Waals surface area contributed by atoms with Gasteiger partial charge in [-0.3, -0.25) is 4.79 Å². The molecule has 0 aliphatic rings. The number of anilines is 1. The Kier molecular flexibility index (Phi) is 8.49. The molecule has 1 rings (SSSR count). The molecule has 22 heavy (non-hydrogen) atoms. The van der Waals surface area contributed by atoms with Crippen molar-refractivity contribution >= 4 is 27.5 Å². The molecule has 4 nitrogen and oxygen atoms in total. The number of halogens is 1. The van der Waals surface area contributed by atoms with Gasteiger partial charge in [0.1, 0.15) is 11.4 Å². The minimum Gasteiger partial charge on any atom is -0.493 e. The van der Waals surface area contributed by atoms with Crippen molar-refractivity contribution in [1.82, 2.24) is 0 Å². The molecule has 1 aromatic rings. The number of alkyl halides is 1. The summed E-state index contributed by atoms with van der Waals surface area (Å²) in [5, 5.41) is 3.72. The van der Waals surface area contributed by atoms with Crippen LogP contribution < -0.4 is 10.1 Å². The Morgan fingerprint density at radius 2 is 1.95 bits per heavy atom. The van der Waals surface area contributed by atoms with Crippen molar-refractivity contribution in [2.45, 2.75) is 45.6 Å². The summed E-state index contributed by atoms with van der Waals surface area (Å²) in [5.41, 5.74) is -0.0331. The topological polar surface area (TPSA) is 47.6 Å². The van der Waals surface area contributed by atoms with Gasteiger partial charge in [0, 0.05) is 17.6 Å². The first kappa shape index (κ1) is 19.0. The van der Waals surface area contributed by atoms with Crippen molar-refractivity contribution in [2.75, 3.05) is 23.9 Å². The molecule has 5 heteroatoms. The van der Waals surface area contributed by atoms with Crippen LogP contribution in [0, 0.1) is 0 Å². The van der Waals surface area contributed by atoms with E-state index in [9.17, 15) is 4.79 Å². The maximum atomic E-state index is 12.5. The summed E-state index contributed by atoms with van der Waals surface area (Å²) < 4.78 is 11.2. The lowest BCUT2D eigenvalue weighted by atomic mass is 9.97. The summed E-state index contributed by atoms with van der Waals surface area (Å²) in [5.74, 6) is 0.688. The maximum Gasteiger partial charge on any atom is 0.256 e. The number of unbranched alkanes of at least 4 members (excludes halogenated alkanes) is 1. The number of benzene rings is 1. The Bertz CT molecular complexity index is 450. The van der Waals surface area contributed by atoms with Crippen LogP contribution in [0.3, 0.4) is 0 Å². The van der Waals surface area contributed by atoms with E-state index >= 15 is 0 Å². The molecule has 0 saturated carbocycles. The molecule has 0 aliphatic carbocycles. The number of rotatable bonds is 10. The molecule has 1 atom stereocenters. The first-order valence-corrected chi connectivity index (χ1v) is 8.92. The summed E-state index contributed by atoms with van der Waals surface area (Å²) in [6.45, 7) is 7.01. The van der Waals surface area contributed by atoms with E-state index in [4.69, 9.17) is 9.47 Å². The Hall–Kier alpha value is -1.07. The lowest BCUT2D eigenvalue weighted by Gasteiger charge is -2.28. The van der Waals surface area contributed by atoms with Crippen molar-refractivity contribution in [1.29, 1.82) is 0 Å². The fourth-order valence-electron chi connectivity index (χ4n) is 2.14. The van der Waals surface area contributed by atoms with Gasteiger partial charge >= 0.3 is 0 Å². The van der Waals surface area contributed by atoms with Gasteiger partial charge < -0.3 is 14.8 Å². The number of ether oxygens (including phenoxy) is 2. The predicted molar refractivity (Wildman–Crippen MR) is 93.9 cm³/mol. The molecular weight excluding hydrogens is 346 g/mol. The lowest BCUT2D eigenvalue weighted by molar-refractivity contribution is -0.139. The molecule has 0 bridgehead atoms. The van der Waals surface area contributed by atoms with Gasteiger partial charge in [-0.2, -0.15) is 0 Å². The third-order valence-electron chi connectivity index (χ3n) is 3.41. The standard InChI is InChI=1S/C17H26BrNO3/c1-4-6-11-17(3,22-5-2)16(20)19-14-7-9-15(10-8-14)21-13-12-18/h7-10H,4-6,11-13H2,1-3H3,(H,19,20)/t17-/m1/s1. The normalized spacial score (nSPS) is 13.5. The van der Waals surface area contributed by atoms with Gasteiger partial charge in [0.2, 0.25) is 0 Å². The highest BCUT2D eigenvalue weighted by Gasteiger charge is 2.33. The zero-order valence-corrected chi connectivity index (χ0v) is 15.2. The molecule has 0 aromatic heterocycles. The van der Waals surface area contributed by atoms with E-state index in [1.54, 1.807) is 0 Å². The SMILES string of the molecule is CCCC[C@@](C)(OCC)C(=O)Nc1ccc(OCCBr)cc1. The second kappa shape index (κ2) is 9.85. The number of hydrogen-bond acceptors (Lipinski definition) is 3. The molecule has 1 N–H and O–H groups in total. The molecule has 1 aromatic carbocycles. The van der Waals surface area contributed by atoms with Crippen LogP contribution in [0.25, 0.3) is 0 Å². The first-order chi connectivity index (χ1) is 10.6. The van der Waals surface area contributed by atoms with Crippen LogP contribution in [0.2, 0.25) is 0 Å². The number of hydrogen-bond donors (Lipinski definition) is 1. The van der Waals surface area contributed by atoms with Crippen molar-refractivity contribution in [3.63, 3.8) is 0 Å². The quantitative estimate of drug-likeness (QED) is 0.620. The molecule has 0 unspecified atom stereocenters. The monoisotopic (exact) mass is 371 g/mol. The highest BCUT2D eigenvalue weighted by Crippen LogP contribution is 2.23. The number of amides is 1. The van der Waals surface area contributed by atoms with Gasteiger partial charge in [0.05, 0.1) is 6.61 Å². The average molecular weight is 372 g/mol. The molecule has 0 spiro atoms. The fourth-order valence-corrected chi connectivity index (χ4v) is 2.30. The molecular formula is C17H26BrNO3. The molecule has 0 heterocycles. The second-order valence-corrected chi connectivity index (χ2v) is 6.08. The Balaban J connectivity index is 2.68. The highest BCUT2D eigenvalue weighted by atomic mass is 79.9. The zero-order valence-electron chi connectivity index (χ0n) is 13.7. The number of carbonyl (C=O) groups is 1. The Morgan fingerprint density at radius 3 is 2.50 bits per heavy atom. The molecule has 0 radical (unpaired) electrons. The van der Waals surface area contributed by atoms with Crippen LogP contribution in [-0.4, -0.2) is 30.1 Å². The molecule has 0 aliphatic heterocycles. The number of carbonyl (C=O) groups excluding carboxylic acids is 1. The van der Waals surface area contributed by atoms with Crippen molar-refractivity contribution in [3.05, 3.63) is 24.3 Å². The van der Waals surface area contributed by atoms with Crippen LogP contribution in [-0.2, 0) is 9.53 Å². The van der Waals surface area contributed by atoms with Crippen LogP contribution >= 0.6 is 15.9 Å². The summed E-state index contributed by atoms with van der Waals surface area (Å²) >= 11 is 3.32. The third kappa shape index (κ3) is 5.97. The Morgan fingerprint density at radius 1 is 1.27 bits per heavy atom. The van der Waals surface area contributed by atoms with Crippen LogP contribution in [0.1, 0.15) is 40.0 Å². The third-order valence-corrected chi connectivity index (χ3v) is 3.73. The zero-order chi connectivity index (χ0) is 16.4. The van der Waals surface area contributed by atoms with Gasteiger partial charge in [0.25, 0.3) is 5.91 Å². The minimum absolute atomic E-state index is 0.100.